The third-order valence-corrected chi connectivity index (χ3v) is 3.48. The second-order valence-corrected chi connectivity index (χ2v) is 5.29. The number of aromatic nitrogens is 2. The summed E-state index contributed by atoms with van der Waals surface area (Å²) < 4.78 is 0. The van der Waals surface area contributed by atoms with Crippen LogP contribution in [0.15, 0.2) is 60.7 Å². The van der Waals surface area contributed by atoms with Crippen LogP contribution in [0.4, 0.5) is 0 Å². The van der Waals surface area contributed by atoms with Crippen molar-refractivity contribution in [1.29, 1.82) is 0 Å². The van der Waals surface area contributed by atoms with E-state index in [4.69, 9.17) is 0 Å². The standard InChI is InChI=1S/C18H16N4O2/c1-12-11-16(20-19-12)18(24)22-21-17(23)15-9-7-14(8-10-15)13-5-3-2-4-6-13/h2-11H,1H3,(H,19,20)(H,21,23)(H,22,24). The van der Waals surface area contributed by atoms with E-state index in [1.54, 1.807) is 25.1 Å². The van der Waals surface area contributed by atoms with Crippen LogP contribution in [-0.4, -0.2) is 22.0 Å². The number of amides is 2. The van der Waals surface area contributed by atoms with Crippen molar-refractivity contribution in [3.05, 3.63) is 77.6 Å². The highest BCUT2D eigenvalue weighted by molar-refractivity contribution is 5.98. The Morgan fingerprint density at radius 2 is 1.50 bits per heavy atom. The Balaban J connectivity index is 1.62. The Bertz CT molecular complexity index is 854. The molecule has 2 amide bonds. The van der Waals surface area contributed by atoms with Crippen LogP contribution in [-0.2, 0) is 0 Å². The molecule has 0 radical (unpaired) electrons. The van der Waals surface area contributed by atoms with E-state index >= 15 is 0 Å². The van der Waals surface area contributed by atoms with Crippen LogP contribution in [0.2, 0.25) is 0 Å². The van der Waals surface area contributed by atoms with Crippen molar-refractivity contribution in [1.82, 2.24) is 21.0 Å². The highest BCUT2D eigenvalue weighted by Crippen LogP contribution is 2.19. The maximum Gasteiger partial charge on any atom is 0.290 e. The lowest BCUT2D eigenvalue weighted by Crippen LogP contribution is -2.41. The summed E-state index contributed by atoms with van der Waals surface area (Å²) in [6.45, 7) is 1.79. The molecule has 6 nitrogen and oxygen atoms in total. The van der Waals surface area contributed by atoms with Gasteiger partial charge in [0.15, 0.2) is 5.69 Å². The fourth-order valence-electron chi connectivity index (χ4n) is 2.23. The van der Waals surface area contributed by atoms with Crippen LogP contribution in [0.1, 0.15) is 26.5 Å². The predicted octanol–water partition coefficient (Wildman–Crippen LogP) is 2.46. The first-order chi connectivity index (χ1) is 11.6. The highest BCUT2D eigenvalue weighted by atomic mass is 16.2. The van der Waals surface area contributed by atoms with E-state index in [1.165, 1.54) is 0 Å². The number of carbonyl (C=O) groups is 2. The molecule has 1 aromatic heterocycles. The lowest BCUT2D eigenvalue weighted by atomic mass is 10.0. The molecule has 0 saturated heterocycles. The summed E-state index contributed by atoms with van der Waals surface area (Å²) in [4.78, 5) is 23.9. The first-order valence-corrected chi connectivity index (χ1v) is 7.41. The molecule has 3 rings (SSSR count). The minimum absolute atomic E-state index is 0.215. The predicted molar refractivity (Wildman–Crippen MR) is 90.1 cm³/mol. The number of aryl methyl sites for hydroxylation is 1. The molecular weight excluding hydrogens is 304 g/mol. The molecule has 0 unspecified atom stereocenters. The van der Waals surface area contributed by atoms with Gasteiger partial charge in [-0.1, -0.05) is 42.5 Å². The summed E-state index contributed by atoms with van der Waals surface area (Å²) in [5, 5.41) is 6.49. The van der Waals surface area contributed by atoms with Crippen LogP contribution in [0, 0.1) is 6.92 Å². The quantitative estimate of drug-likeness (QED) is 0.648. The zero-order valence-electron chi connectivity index (χ0n) is 13.0. The van der Waals surface area contributed by atoms with E-state index in [0.29, 0.717) is 5.56 Å². The Morgan fingerprint density at radius 3 is 2.12 bits per heavy atom. The number of benzene rings is 2. The molecule has 1 heterocycles. The molecule has 120 valence electrons. The molecule has 3 N–H and O–H groups in total. The number of H-pyrrole nitrogens is 1. The maximum atomic E-state index is 12.1. The van der Waals surface area contributed by atoms with Crippen molar-refractivity contribution in [3.63, 3.8) is 0 Å². The van der Waals surface area contributed by atoms with Crippen LogP contribution in [0.5, 0.6) is 0 Å². The molecular formula is C18H16N4O2. The molecule has 24 heavy (non-hydrogen) atoms. The van der Waals surface area contributed by atoms with E-state index in [0.717, 1.165) is 16.8 Å². The summed E-state index contributed by atoms with van der Waals surface area (Å²) in [7, 11) is 0. The topological polar surface area (TPSA) is 86.9 Å². The number of nitrogens with zero attached hydrogens (tertiary/aromatic N) is 1. The van der Waals surface area contributed by atoms with Crippen molar-refractivity contribution in [2.24, 2.45) is 0 Å². The van der Waals surface area contributed by atoms with Crippen molar-refractivity contribution in [3.8, 4) is 11.1 Å². The van der Waals surface area contributed by atoms with Gasteiger partial charge in [-0.15, -0.1) is 0 Å². The minimum Gasteiger partial charge on any atom is -0.282 e. The lowest BCUT2D eigenvalue weighted by molar-refractivity contribution is 0.0844. The zero-order valence-corrected chi connectivity index (χ0v) is 13.0. The molecule has 0 aliphatic carbocycles. The Labute approximate surface area is 138 Å². The smallest absolute Gasteiger partial charge is 0.282 e. The summed E-state index contributed by atoms with van der Waals surface area (Å²) in [6.07, 6.45) is 0. The molecule has 0 bridgehead atoms. The third kappa shape index (κ3) is 3.49. The Morgan fingerprint density at radius 1 is 0.875 bits per heavy atom. The SMILES string of the molecule is Cc1cc(C(=O)NNC(=O)c2ccc(-c3ccccc3)cc2)n[nH]1. The summed E-state index contributed by atoms with van der Waals surface area (Å²) >= 11 is 0. The maximum absolute atomic E-state index is 12.1. The van der Waals surface area contributed by atoms with Crippen molar-refractivity contribution in [2.75, 3.05) is 0 Å². The Hall–Kier alpha value is -3.41. The van der Waals surface area contributed by atoms with E-state index in [1.807, 2.05) is 42.5 Å². The van der Waals surface area contributed by atoms with Gasteiger partial charge in [0.2, 0.25) is 0 Å². The molecule has 0 aliphatic heterocycles. The average Bonchev–Trinajstić information content (AvgIpc) is 3.07. The van der Waals surface area contributed by atoms with Gasteiger partial charge in [0.25, 0.3) is 11.8 Å². The first-order valence-electron chi connectivity index (χ1n) is 7.41. The zero-order chi connectivity index (χ0) is 16.9. The second-order valence-electron chi connectivity index (χ2n) is 5.29. The number of hydrogen-bond acceptors (Lipinski definition) is 3. The molecule has 0 aliphatic rings. The van der Waals surface area contributed by atoms with Crippen LogP contribution in [0.3, 0.4) is 0 Å². The summed E-state index contributed by atoms with van der Waals surface area (Å²) in [5.74, 6) is -0.871. The molecule has 0 spiro atoms. The average molecular weight is 320 g/mol. The van der Waals surface area contributed by atoms with Gasteiger partial charge in [0, 0.05) is 11.3 Å². The number of rotatable bonds is 3. The van der Waals surface area contributed by atoms with Gasteiger partial charge in [-0.3, -0.25) is 25.5 Å². The molecule has 6 heteroatoms. The van der Waals surface area contributed by atoms with E-state index < -0.39 is 11.8 Å². The van der Waals surface area contributed by atoms with Gasteiger partial charge in [0.05, 0.1) is 0 Å². The fourth-order valence-corrected chi connectivity index (χ4v) is 2.23. The third-order valence-electron chi connectivity index (χ3n) is 3.48. The van der Waals surface area contributed by atoms with Gasteiger partial charge in [0.1, 0.15) is 0 Å². The van der Waals surface area contributed by atoms with Gasteiger partial charge >= 0.3 is 0 Å². The normalized spacial score (nSPS) is 10.2. The van der Waals surface area contributed by atoms with Crippen LogP contribution in [0.25, 0.3) is 11.1 Å². The van der Waals surface area contributed by atoms with E-state index in [2.05, 4.69) is 21.0 Å². The summed E-state index contributed by atoms with van der Waals surface area (Å²) in [6, 6.07) is 18.6. The molecule has 3 aromatic rings. The van der Waals surface area contributed by atoms with E-state index in [-0.39, 0.29) is 5.69 Å². The van der Waals surface area contributed by atoms with Crippen molar-refractivity contribution < 1.29 is 9.59 Å². The minimum atomic E-state index is -0.478. The number of carbonyl (C=O) groups excluding carboxylic acids is 2. The largest absolute Gasteiger partial charge is 0.290 e. The van der Waals surface area contributed by atoms with Gasteiger partial charge < -0.3 is 0 Å². The molecule has 0 atom stereocenters. The second kappa shape index (κ2) is 6.78. The number of nitrogens with one attached hydrogen (secondary N) is 3. The highest BCUT2D eigenvalue weighted by Gasteiger charge is 2.11. The molecule has 0 fully saturated rings. The van der Waals surface area contributed by atoms with Crippen LogP contribution >= 0.6 is 0 Å². The molecule has 0 saturated carbocycles. The van der Waals surface area contributed by atoms with Crippen LogP contribution < -0.4 is 10.9 Å². The lowest BCUT2D eigenvalue weighted by Gasteiger charge is -2.07. The van der Waals surface area contributed by atoms with E-state index in [9.17, 15) is 9.59 Å². The van der Waals surface area contributed by atoms with Crippen molar-refractivity contribution in [2.45, 2.75) is 6.92 Å². The van der Waals surface area contributed by atoms with Crippen molar-refractivity contribution >= 4 is 11.8 Å². The van der Waals surface area contributed by atoms with Gasteiger partial charge in [-0.05, 0) is 36.2 Å². The number of hydrogen-bond donors (Lipinski definition) is 3. The Kier molecular flexibility index (Phi) is 4.38. The fraction of sp³-hybridized carbons (Fsp3) is 0.0556. The molecule has 2 aromatic carbocycles. The van der Waals surface area contributed by atoms with Gasteiger partial charge in [-0.2, -0.15) is 5.10 Å². The number of hydrazine groups is 1. The van der Waals surface area contributed by atoms with Gasteiger partial charge in [-0.25, -0.2) is 0 Å². The first kappa shape index (κ1) is 15.5. The summed E-state index contributed by atoms with van der Waals surface area (Å²) in [5.41, 5.74) is 8.24. The monoisotopic (exact) mass is 320 g/mol. The number of aromatic amines is 1.